The van der Waals surface area contributed by atoms with E-state index in [0.29, 0.717) is 0 Å². The molecule has 4 nitrogen and oxygen atoms in total. The molecule has 0 amide bonds. The molecule has 1 heterocycles. The molecule has 4 heteroatoms. The topological polar surface area (TPSA) is 65.2 Å². The van der Waals surface area contributed by atoms with Gasteiger partial charge < -0.3 is 10.5 Å². The van der Waals surface area contributed by atoms with Gasteiger partial charge in [-0.3, -0.25) is 9.78 Å². The molecule has 0 aliphatic heterocycles. The third kappa shape index (κ3) is 4.56. The fourth-order valence-electron chi connectivity index (χ4n) is 1.30. The Kier molecular flexibility index (Phi) is 4.77. The van der Waals surface area contributed by atoms with Crippen molar-refractivity contribution in [2.75, 3.05) is 7.11 Å². The molecule has 0 aliphatic carbocycles. The van der Waals surface area contributed by atoms with Crippen LogP contribution in [0.1, 0.15) is 18.4 Å². The largest absolute Gasteiger partial charge is 0.469 e. The minimum Gasteiger partial charge on any atom is -0.469 e. The number of pyridine rings is 1. The Labute approximate surface area is 89.5 Å². The number of rotatable bonds is 5. The zero-order valence-electron chi connectivity index (χ0n) is 8.85. The average molecular weight is 208 g/mol. The van der Waals surface area contributed by atoms with E-state index in [9.17, 15) is 4.79 Å². The third-order valence-electron chi connectivity index (χ3n) is 2.21. The first-order valence-electron chi connectivity index (χ1n) is 4.93. The van der Waals surface area contributed by atoms with Crippen LogP contribution in [0.4, 0.5) is 0 Å². The molecule has 82 valence electrons. The first-order chi connectivity index (χ1) is 7.22. The maximum absolute atomic E-state index is 10.9. The number of carbonyl (C=O) groups is 1. The van der Waals surface area contributed by atoms with Crippen molar-refractivity contribution < 1.29 is 9.53 Å². The summed E-state index contributed by atoms with van der Waals surface area (Å²) in [6, 6.07) is 3.76. The van der Waals surface area contributed by atoms with Crippen LogP contribution in [0.15, 0.2) is 24.5 Å². The van der Waals surface area contributed by atoms with E-state index in [1.54, 1.807) is 12.4 Å². The molecular formula is C11H16N2O2. The van der Waals surface area contributed by atoms with E-state index in [2.05, 4.69) is 9.72 Å². The lowest BCUT2D eigenvalue weighted by Crippen LogP contribution is -2.25. The highest BCUT2D eigenvalue weighted by molar-refractivity contribution is 5.69. The van der Waals surface area contributed by atoms with Gasteiger partial charge in [-0.1, -0.05) is 0 Å². The minimum atomic E-state index is -0.253. The Morgan fingerprint density at radius 2 is 2.20 bits per heavy atom. The number of ether oxygens (including phenoxy) is 1. The molecule has 1 aromatic heterocycles. The third-order valence-corrected chi connectivity index (χ3v) is 2.21. The summed E-state index contributed by atoms with van der Waals surface area (Å²) in [6.45, 7) is 0. The summed E-state index contributed by atoms with van der Waals surface area (Å²) >= 11 is 0. The van der Waals surface area contributed by atoms with Crippen LogP contribution in [0.5, 0.6) is 0 Å². The molecule has 2 N–H and O–H groups in total. The Bertz CT molecular complexity index is 301. The zero-order valence-corrected chi connectivity index (χ0v) is 8.85. The molecular weight excluding hydrogens is 192 g/mol. The number of hydrogen-bond donors (Lipinski definition) is 1. The normalized spacial score (nSPS) is 12.1. The monoisotopic (exact) mass is 208 g/mol. The van der Waals surface area contributed by atoms with Crippen LogP contribution in [0.2, 0.25) is 0 Å². The highest BCUT2D eigenvalue weighted by atomic mass is 16.5. The van der Waals surface area contributed by atoms with Crippen molar-refractivity contribution in [1.82, 2.24) is 4.98 Å². The lowest BCUT2D eigenvalue weighted by molar-refractivity contribution is -0.141. The SMILES string of the molecule is COC(=O)C[C@H](N)CCc1ccncc1. The number of hydrogen-bond acceptors (Lipinski definition) is 4. The maximum Gasteiger partial charge on any atom is 0.307 e. The standard InChI is InChI=1S/C11H16N2O2/c1-15-11(14)8-10(12)3-2-9-4-6-13-7-5-9/h4-7,10H,2-3,8,12H2,1H3/t10-/m1/s1. The number of nitrogens with zero attached hydrogens (tertiary/aromatic N) is 1. The molecule has 1 atom stereocenters. The number of methoxy groups -OCH3 is 1. The van der Waals surface area contributed by atoms with Crippen molar-refractivity contribution in [1.29, 1.82) is 0 Å². The Balaban J connectivity index is 2.28. The summed E-state index contributed by atoms with van der Waals surface area (Å²) in [7, 11) is 1.37. The predicted octanol–water partition coefficient (Wildman–Crippen LogP) is 0.905. The number of carbonyl (C=O) groups excluding carboxylic acids is 1. The van der Waals surface area contributed by atoms with E-state index in [0.717, 1.165) is 12.8 Å². The van der Waals surface area contributed by atoms with E-state index in [4.69, 9.17) is 5.73 Å². The van der Waals surface area contributed by atoms with E-state index >= 15 is 0 Å². The summed E-state index contributed by atoms with van der Waals surface area (Å²) in [5.74, 6) is -0.253. The quantitative estimate of drug-likeness (QED) is 0.730. The van der Waals surface area contributed by atoms with Crippen LogP contribution in [0.3, 0.4) is 0 Å². The summed E-state index contributed by atoms with van der Waals surface area (Å²) in [4.78, 5) is 14.9. The summed E-state index contributed by atoms with van der Waals surface area (Å²) in [5, 5.41) is 0. The van der Waals surface area contributed by atoms with Gasteiger partial charge in [-0.05, 0) is 30.5 Å². The number of aromatic nitrogens is 1. The van der Waals surface area contributed by atoms with Gasteiger partial charge in [0.1, 0.15) is 0 Å². The van der Waals surface area contributed by atoms with Gasteiger partial charge in [0.15, 0.2) is 0 Å². The minimum absolute atomic E-state index is 0.134. The number of esters is 1. The highest BCUT2D eigenvalue weighted by Crippen LogP contribution is 2.05. The van der Waals surface area contributed by atoms with Crippen molar-refractivity contribution in [3.63, 3.8) is 0 Å². The second-order valence-corrected chi connectivity index (χ2v) is 3.43. The van der Waals surface area contributed by atoms with Gasteiger partial charge >= 0.3 is 5.97 Å². The first kappa shape index (κ1) is 11.7. The van der Waals surface area contributed by atoms with Gasteiger partial charge in [-0.25, -0.2) is 0 Å². The van der Waals surface area contributed by atoms with Gasteiger partial charge in [-0.2, -0.15) is 0 Å². The molecule has 0 bridgehead atoms. The van der Waals surface area contributed by atoms with Crippen molar-refractivity contribution in [2.24, 2.45) is 5.73 Å². The highest BCUT2D eigenvalue weighted by Gasteiger charge is 2.09. The Morgan fingerprint density at radius 3 is 2.80 bits per heavy atom. The van der Waals surface area contributed by atoms with Gasteiger partial charge in [0.2, 0.25) is 0 Å². The van der Waals surface area contributed by atoms with Crippen molar-refractivity contribution in [2.45, 2.75) is 25.3 Å². The molecule has 0 unspecified atom stereocenters. The number of nitrogens with two attached hydrogens (primary N) is 1. The van der Waals surface area contributed by atoms with E-state index in [-0.39, 0.29) is 18.4 Å². The van der Waals surface area contributed by atoms with Crippen LogP contribution < -0.4 is 5.73 Å². The zero-order chi connectivity index (χ0) is 11.1. The Morgan fingerprint density at radius 1 is 1.53 bits per heavy atom. The van der Waals surface area contributed by atoms with Crippen LogP contribution >= 0.6 is 0 Å². The molecule has 0 saturated heterocycles. The van der Waals surface area contributed by atoms with E-state index in [1.807, 2.05) is 12.1 Å². The van der Waals surface area contributed by atoms with Crippen molar-refractivity contribution in [3.05, 3.63) is 30.1 Å². The van der Waals surface area contributed by atoms with Crippen LogP contribution in [0.25, 0.3) is 0 Å². The molecule has 0 fully saturated rings. The maximum atomic E-state index is 10.9. The van der Waals surface area contributed by atoms with Gasteiger partial charge in [0.25, 0.3) is 0 Å². The first-order valence-corrected chi connectivity index (χ1v) is 4.93. The molecule has 0 radical (unpaired) electrons. The summed E-state index contributed by atoms with van der Waals surface area (Å²) < 4.78 is 4.54. The Hall–Kier alpha value is -1.42. The van der Waals surface area contributed by atoms with Crippen LogP contribution in [0, 0.1) is 0 Å². The second-order valence-electron chi connectivity index (χ2n) is 3.43. The fraction of sp³-hybridized carbons (Fsp3) is 0.455. The predicted molar refractivity (Wildman–Crippen MR) is 57.2 cm³/mol. The summed E-state index contributed by atoms with van der Waals surface area (Å²) in [5.41, 5.74) is 6.97. The molecule has 0 aliphatic rings. The van der Waals surface area contributed by atoms with Crippen LogP contribution in [-0.4, -0.2) is 24.1 Å². The lowest BCUT2D eigenvalue weighted by atomic mass is 10.0. The molecule has 0 aromatic carbocycles. The van der Waals surface area contributed by atoms with Gasteiger partial charge in [0, 0.05) is 18.4 Å². The summed E-state index contributed by atoms with van der Waals surface area (Å²) in [6.07, 6.45) is 5.42. The van der Waals surface area contributed by atoms with Gasteiger partial charge in [-0.15, -0.1) is 0 Å². The van der Waals surface area contributed by atoms with Crippen molar-refractivity contribution in [3.8, 4) is 0 Å². The molecule has 0 spiro atoms. The molecule has 1 rings (SSSR count). The average Bonchev–Trinajstić information content (AvgIpc) is 2.27. The number of aryl methyl sites for hydroxylation is 1. The molecule has 15 heavy (non-hydrogen) atoms. The molecule has 1 aromatic rings. The molecule has 0 saturated carbocycles. The van der Waals surface area contributed by atoms with Gasteiger partial charge in [0.05, 0.1) is 13.5 Å². The second kappa shape index (κ2) is 6.14. The smallest absolute Gasteiger partial charge is 0.307 e. The fourth-order valence-corrected chi connectivity index (χ4v) is 1.30. The van der Waals surface area contributed by atoms with E-state index in [1.165, 1.54) is 12.7 Å². The van der Waals surface area contributed by atoms with Crippen LogP contribution in [-0.2, 0) is 16.0 Å². The van der Waals surface area contributed by atoms with Crippen molar-refractivity contribution >= 4 is 5.97 Å². The van der Waals surface area contributed by atoms with E-state index < -0.39 is 0 Å². The lowest BCUT2D eigenvalue weighted by Gasteiger charge is -2.09.